The molecule has 2 aromatic carbocycles. The van der Waals surface area contributed by atoms with Gasteiger partial charge in [-0.3, -0.25) is 4.98 Å². The Morgan fingerprint density at radius 1 is 1.10 bits per heavy atom. The lowest BCUT2D eigenvalue weighted by Crippen LogP contribution is -1.99. The number of hydrogen-bond donors (Lipinski definition) is 2. The molecule has 3 aromatic rings. The van der Waals surface area contributed by atoms with Crippen LogP contribution < -0.4 is 11.1 Å². The molecule has 0 saturated heterocycles. The number of nitrogens with one attached hydrogen (secondary N) is 1. The molecule has 0 fully saturated rings. The first-order valence-corrected chi connectivity index (χ1v) is 8.07. The van der Waals surface area contributed by atoms with Gasteiger partial charge in [-0.05, 0) is 52.3 Å². The third-order valence-corrected chi connectivity index (χ3v) is 4.43. The van der Waals surface area contributed by atoms with Gasteiger partial charge in [-0.1, -0.05) is 27.5 Å². The standard InChI is InChI=1S/C15H10Br2ClN3/c16-8-1-3-13-10(5-8)15(12(19)7-20-13)21-14-4-2-9(18)6-11(14)17/h1-7H,19H2,(H,20,21). The molecule has 0 spiro atoms. The molecule has 21 heavy (non-hydrogen) atoms. The lowest BCUT2D eigenvalue weighted by atomic mass is 10.1. The highest BCUT2D eigenvalue weighted by Gasteiger charge is 2.09. The largest absolute Gasteiger partial charge is 0.396 e. The quantitative estimate of drug-likeness (QED) is 0.548. The normalized spacial score (nSPS) is 10.8. The van der Waals surface area contributed by atoms with Crippen molar-refractivity contribution in [2.24, 2.45) is 0 Å². The van der Waals surface area contributed by atoms with Crippen LogP contribution in [0.15, 0.2) is 51.5 Å². The topological polar surface area (TPSA) is 50.9 Å². The van der Waals surface area contributed by atoms with Crippen molar-refractivity contribution in [3.63, 3.8) is 0 Å². The van der Waals surface area contributed by atoms with Crippen LogP contribution in [0, 0.1) is 0 Å². The van der Waals surface area contributed by atoms with Gasteiger partial charge >= 0.3 is 0 Å². The molecule has 6 heteroatoms. The zero-order chi connectivity index (χ0) is 15.0. The highest BCUT2D eigenvalue weighted by atomic mass is 79.9. The number of halogens is 3. The molecule has 0 amide bonds. The fourth-order valence-corrected chi connectivity index (χ4v) is 3.19. The molecule has 0 aliphatic carbocycles. The lowest BCUT2D eigenvalue weighted by Gasteiger charge is -2.14. The summed E-state index contributed by atoms with van der Waals surface area (Å²) in [6, 6.07) is 11.4. The van der Waals surface area contributed by atoms with Gasteiger partial charge in [0.25, 0.3) is 0 Å². The zero-order valence-corrected chi connectivity index (χ0v) is 14.6. The summed E-state index contributed by atoms with van der Waals surface area (Å²) < 4.78 is 1.84. The lowest BCUT2D eigenvalue weighted by molar-refractivity contribution is 1.40. The minimum Gasteiger partial charge on any atom is -0.396 e. The Labute approximate surface area is 143 Å². The Morgan fingerprint density at radius 2 is 1.90 bits per heavy atom. The van der Waals surface area contributed by atoms with E-state index in [-0.39, 0.29) is 0 Å². The average molecular weight is 428 g/mol. The van der Waals surface area contributed by atoms with Crippen LogP contribution in [0.4, 0.5) is 17.1 Å². The number of hydrogen-bond acceptors (Lipinski definition) is 3. The van der Waals surface area contributed by atoms with E-state index in [9.17, 15) is 0 Å². The molecule has 0 aliphatic heterocycles. The molecule has 0 unspecified atom stereocenters. The van der Waals surface area contributed by atoms with E-state index in [0.717, 1.165) is 31.2 Å². The maximum atomic E-state index is 6.08. The van der Waals surface area contributed by atoms with E-state index < -0.39 is 0 Å². The number of rotatable bonds is 2. The van der Waals surface area contributed by atoms with Crippen LogP contribution in [-0.4, -0.2) is 4.98 Å². The predicted molar refractivity (Wildman–Crippen MR) is 96.3 cm³/mol. The number of nitrogen functional groups attached to an aromatic ring is 1. The van der Waals surface area contributed by atoms with Crippen molar-refractivity contribution in [3.05, 3.63) is 56.6 Å². The Morgan fingerprint density at radius 3 is 2.67 bits per heavy atom. The van der Waals surface area contributed by atoms with Crippen LogP contribution in [-0.2, 0) is 0 Å². The monoisotopic (exact) mass is 425 g/mol. The zero-order valence-electron chi connectivity index (χ0n) is 10.7. The summed E-state index contributed by atoms with van der Waals surface area (Å²) in [7, 11) is 0. The van der Waals surface area contributed by atoms with Crippen molar-refractivity contribution in [2.75, 3.05) is 11.1 Å². The van der Waals surface area contributed by atoms with Crippen molar-refractivity contribution in [1.29, 1.82) is 0 Å². The Balaban J connectivity index is 2.15. The fourth-order valence-electron chi connectivity index (χ4n) is 2.05. The van der Waals surface area contributed by atoms with Crippen LogP contribution in [0.2, 0.25) is 5.02 Å². The van der Waals surface area contributed by atoms with Gasteiger partial charge in [0.2, 0.25) is 0 Å². The van der Waals surface area contributed by atoms with Crippen molar-refractivity contribution in [2.45, 2.75) is 0 Å². The Hall–Kier alpha value is -1.30. The molecule has 0 saturated carbocycles. The molecule has 3 nitrogen and oxygen atoms in total. The van der Waals surface area contributed by atoms with Crippen molar-refractivity contribution in [1.82, 2.24) is 4.98 Å². The van der Waals surface area contributed by atoms with Crippen LogP contribution in [0.1, 0.15) is 0 Å². The highest BCUT2D eigenvalue weighted by molar-refractivity contribution is 9.10. The van der Waals surface area contributed by atoms with E-state index in [2.05, 4.69) is 42.2 Å². The molecule has 0 aliphatic rings. The second-order valence-electron chi connectivity index (χ2n) is 4.50. The van der Waals surface area contributed by atoms with E-state index in [0.29, 0.717) is 10.7 Å². The van der Waals surface area contributed by atoms with Crippen molar-refractivity contribution in [3.8, 4) is 0 Å². The Kier molecular flexibility index (Phi) is 4.06. The highest BCUT2D eigenvalue weighted by Crippen LogP contribution is 2.35. The summed E-state index contributed by atoms with van der Waals surface area (Å²) in [4.78, 5) is 4.34. The van der Waals surface area contributed by atoms with Crippen LogP contribution in [0.5, 0.6) is 0 Å². The summed E-state index contributed by atoms with van der Waals surface area (Å²) in [5, 5.41) is 4.97. The van der Waals surface area contributed by atoms with Crippen molar-refractivity contribution < 1.29 is 0 Å². The third kappa shape index (κ3) is 3.00. The van der Waals surface area contributed by atoms with Crippen LogP contribution in [0.25, 0.3) is 10.9 Å². The van der Waals surface area contributed by atoms with Gasteiger partial charge in [0.15, 0.2) is 0 Å². The van der Waals surface area contributed by atoms with E-state index in [1.165, 1.54) is 0 Å². The maximum absolute atomic E-state index is 6.08. The molecule has 1 aromatic heterocycles. The summed E-state index contributed by atoms with van der Waals surface area (Å²) in [5.74, 6) is 0. The smallest absolute Gasteiger partial charge is 0.0746 e. The fraction of sp³-hybridized carbons (Fsp3) is 0. The van der Waals surface area contributed by atoms with E-state index in [4.69, 9.17) is 17.3 Å². The minimum atomic E-state index is 0.586. The van der Waals surface area contributed by atoms with Gasteiger partial charge in [-0.2, -0.15) is 0 Å². The SMILES string of the molecule is Nc1cnc2ccc(Br)cc2c1Nc1ccc(Cl)cc1Br. The van der Waals surface area contributed by atoms with Gasteiger partial charge in [-0.15, -0.1) is 0 Å². The number of nitrogens with zero attached hydrogens (tertiary/aromatic N) is 1. The molecule has 106 valence electrons. The molecule has 0 atom stereocenters. The average Bonchev–Trinajstić information content (AvgIpc) is 2.44. The van der Waals surface area contributed by atoms with E-state index >= 15 is 0 Å². The summed E-state index contributed by atoms with van der Waals surface area (Å²) in [6.45, 7) is 0. The number of fused-ring (bicyclic) bond motifs is 1. The third-order valence-electron chi connectivity index (χ3n) is 3.05. The number of pyridine rings is 1. The minimum absolute atomic E-state index is 0.586. The Bertz CT molecular complexity index is 831. The number of benzene rings is 2. The molecule has 3 rings (SSSR count). The first-order chi connectivity index (χ1) is 10.0. The van der Waals surface area contributed by atoms with Gasteiger partial charge in [0.1, 0.15) is 0 Å². The number of anilines is 3. The number of nitrogens with two attached hydrogens (primary N) is 1. The molecular formula is C15H10Br2ClN3. The van der Waals surface area contributed by atoms with E-state index in [1.54, 1.807) is 6.20 Å². The van der Waals surface area contributed by atoms with Gasteiger partial charge in [-0.25, -0.2) is 0 Å². The molecule has 0 radical (unpaired) electrons. The molecule has 0 bridgehead atoms. The van der Waals surface area contributed by atoms with Crippen LogP contribution >= 0.6 is 43.5 Å². The summed E-state index contributed by atoms with van der Waals surface area (Å²) in [5.41, 5.74) is 9.25. The van der Waals surface area contributed by atoms with E-state index in [1.807, 2.05) is 36.4 Å². The predicted octanol–water partition coefficient (Wildman–Crippen LogP) is 5.74. The summed E-state index contributed by atoms with van der Waals surface area (Å²) in [6.07, 6.45) is 1.66. The first-order valence-electron chi connectivity index (χ1n) is 6.10. The molecular weight excluding hydrogens is 417 g/mol. The first kappa shape index (κ1) is 14.6. The second kappa shape index (κ2) is 5.83. The maximum Gasteiger partial charge on any atom is 0.0746 e. The second-order valence-corrected chi connectivity index (χ2v) is 6.71. The molecule has 1 heterocycles. The van der Waals surface area contributed by atoms with Gasteiger partial charge in [0, 0.05) is 19.4 Å². The van der Waals surface area contributed by atoms with Gasteiger partial charge < -0.3 is 11.1 Å². The van der Waals surface area contributed by atoms with Crippen molar-refractivity contribution >= 4 is 71.4 Å². The summed E-state index contributed by atoms with van der Waals surface area (Å²) >= 11 is 12.9. The molecule has 3 N–H and O–H groups in total. The van der Waals surface area contributed by atoms with Gasteiger partial charge in [0.05, 0.1) is 28.8 Å². The number of aromatic nitrogens is 1. The van der Waals surface area contributed by atoms with Crippen LogP contribution in [0.3, 0.4) is 0 Å².